The minimum Gasteiger partial charge on any atom is -0.481 e. The molecule has 2 N–H and O–H groups in total. The zero-order chi connectivity index (χ0) is 18.5. The molecule has 1 aromatic heterocycles. The molecule has 138 valence electrons. The molecule has 3 rings (SSSR count). The standard InChI is InChI=1S/C20H25N3O3/c1-14-5-4-6-15(11-14)12-16(20(25)26)13-21-19(24)18-9-10-22-23(18)17-7-2-3-8-17/h4-6,9-11,16-17H,2-3,7-8,12-13H2,1H3,(H,21,24)(H,25,26). The van der Waals surface area contributed by atoms with E-state index in [1.54, 1.807) is 16.9 Å². The van der Waals surface area contributed by atoms with Crippen LogP contribution in [0.25, 0.3) is 0 Å². The van der Waals surface area contributed by atoms with Crippen molar-refractivity contribution in [2.45, 2.75) is 45.1 Å². The fourth-order valence-corrected chi connectivity index (χ4v) is 3.61. The Morgan fingerprint density at radius 2 is 2.08 bits per heavy atom. The average Bonchev–Trinajstić information content (AvgIpc) is 3.28. The number of aliphatic carboxylic acids is 1. The summed E-state index contributed by atoms with van der Waals surface area (Å²) in [6, 6.07) is 9.76. The third kappa shape index (κ3) is 4.31. The fraction of sp³-hybridized carbons (Fsp3) is 0.450. The highest BCUT2D eigenvalue weighted by atomic mass is 16.4. The molecule has 1 heterocycles. The molecule has 1 aliphatic rings. The van der Waals surface area contributed by atoms with E-state index in [4.69, 9.17) is 0 Å². The molecule has 6 nitrogen and oxygen atoms in total. The van der Waals surface area contributed by atoms with Gasteiger partial charge in [0.1, 0.15) is 5.69 Å². The third-order valence-electron chi connectivity index (χ3n) is 5.00. The highest BCUT2D eigenvalue weighted by molar-refractivity contribution is 5.92. The topological polar surface area (TPSA) is 84.2 Å². The van der Waals surface area contributed by atoms with Crippen LogP contribution in [0.4, 0.5) is 0 Å². The van der Waals surface area contributed by atoms with Gasteiger partial charge in [-0.15, -0.1) is 0 Å². The predicted molar refractivity (Wildman–Crippen MR) is 98.1 cm³/mol. The van der Waals surface area contributed by atoms with Crippen LogP contribution in [0, 0.1) is 12.8 Å². The molecule has 1 saturated carbocycles. The van der Waals surface area contributed by atoms with Gasteiger partial charge in [-0.1, -0.05) is 42.7 Å². The number of carbonyl (C=O) groups excluding carboxylic acids is 1. The second-order valence-electron chi connectivity index (χ2n) is 7.04. The molecular formula is C20H25N3O3. The quantitative estimate of drug-likeness (QED) is 0.800. The average molecular weight is 355 g/mol. The summed E-state index contributed by atoms with van der Waals surface area (Å²) in [7, 11) is 0. The molecule has 2 aromatic rings. The van der Waals surface area contributed by atoms with Gasteiger partial charge >= 0.3 is 5.97 Å². The fourth-order valence-electron chi connectivity index (χ4n) is 3.61. The SMILES string of the molecule is Cc1cccc(CC(CNC(=O)c2ccnn2C2CCCC2)C(=O)O)c1. The second-order valence-corrected chi connectivity index (χ2v) is 7.04. The van der Waals surface area contributed by atoms with Crippen molar-refractivity contribution in [2.75, 3.05) is 6.54 Å². The monoisotopic (exact) mass is 355 g/mol. The Morgan fingerprint density at radius 3 is 2.77 bits per heavy atom. The number of amides is 1. The van der Waals surface area contributed by atoms with Gasteiger partial charge < -0.3 is 10.4 Å². The number of carboxylic acids is 1. The van der Waals surface area contributed by atoms with Gasteiger partial charge in [-0.05, 0) is 37.8 Å². The van der Waals surface area contributed by atoms with Gasteiger partial charge in [0, 0.05) is 12.7 Å². The van der Waals surface area contributed by atoms with Crippen molar-refractivity contribution in [2.24, 2.45) is 5.92 Å². The van der Waals surface area contributed by atoms with Crippen LogP contribution >= 0.6 is 0 Å². The number of hydrogen-bond donors (Lipinski definition) is 2. The Bertz CT molecular complexity index is 778. The van der Waals surface area contributed by atoms with Gasteiger partial charge in [-0.25, -0.2) is 0 Å². The summed E-state index contributed by atoms with van der Waals surface area (Å²) in [5, 5.41) is 16.6. The van der Waals surface area contributed by atoms with Crippen molar-refractivity contribution in [3.63, 3.8) is 0 Å². The van der Waals surface area contributed by atoms with Crippen LogP contribution in [-0.2, 0) is 11.2 Å². The lowest BCUT2D eigenvalue weighted by Crippen LogP contribution is -2.35. The van der Waals surface area contributed by atoms with Crippen LogP contribution in [0.1, 0.15) is 53.3 Å². The van der Waals surface area contributed by atoms with Gasteiger partial charge in [0.05, 0.1) is 12.0 Å². The van der Waals surface area contributed by atoms with Crippen molar-refractivity contribution < 1.29 is 14.7 Å². The number of hydrogen-bond acceptors (Lipinski definition) is 3. The number of rotatable bonds is 7. The number of carboxylic acid groups (broad SMARTS) is 1. The van der Waals surface area contributed by atoms with E-state index in [0.29, 0.717) is 12.1 Å². The van der Waals surface area contributed by atoms with Gasteiger partial charge in [-0.3, -0.25) is 14.3 Å². The Hall–Kier alpha value is -2.63. The van der Waals surface area contributed by atoms with E-state index < -0.39 is 11.9 Å². The van der Waals surface area contributed by atoms with E-state index in [0.717, 1.165) is 36.8 Å². The van der Waals surface area contributed by atoms with Crippen LogP contribution in [0.5, 0.6) is 0 Å². The normalized spacial score (nSPS) is 15.7. The van der Waals surface area contributed by atoms with Gasteiger partial charge in [0.15, 0.2) is 0 Å². The van der Waals surface area contributed by atoms with E-state index in [1.165, 1.54) is 0 Å². The minimum atomic E-state index is -0.906. The van der Waals surface area contributed by atoms with Crippen LogP contribution in [0.2, 0.25) is 0 Å². The summed E-state index contributed by atoms with van der Waals surface area (Å²) in [6.45, 7) is 2.07. The van der Waals surface area contributed by atoms with Crippen molar-refractivity contribution in [1.29, 1.82) is 0 Å². The maximum Gasteiger partial charge on any atom is 0.308 e. The first kappa shape index (κ1) is 18.2. The molecule has 0 radical (unpaired) electrons. The summed E-state index contributed by atoms with van der Waals surface area (Å²) in [6.07, 6.45) is 6.40. The molecular weight excluding hydrogens is 330 g/mol. The lowest BCUT2D eigenvalue weighted by atomic mass is 9.98. The molecule has 0 aliphatic heterocycles. The molecule has 0 bridgehead atoms. The number of aromatic nitrogens is 2. The van der Waals surface area contributed by atoms with Crippen LogP contribution in [0.3, 0.4) is 0 Å². The summed E-state index contributed by atoms with van der Waals surface area (Å²) in [5.41, 5.74) is 2.57. The van der Waals surface area contributed by atoms with Crippen LogP contribution in [0.15, 0.2) is 36.5 Å². The van der Waals surface area contributed by atoms with Crippen LogP contribution < -0.4 is 5.32 Å². The zero-order valence-electron chi connectivity index (χ0n) is 15.0. The van der Waals surface area contributed by atoms with Gasteiger partial charge in [0.2, 0.25) is 0 Å². The smallest absolute Gasteiger partial charge is 0.308 e. The van der Waals surface area contributed by atoms with E-state index in [2.05, 4.69) is 10.4 Å². The Labute approximate surface area is 153 Å². The van der Waals surface area contributed by atoms with Gasteiger partial charge in [0.25, 0.3) is 5.91 Å². The molecule has 6 heteroatoms. The molecule has 1 amide bonds. The Morgan fingerprint density at radius 1 is 1.31 bits per heavy atom. The summed E-state index contributed by atoms with van der Waals surface area (Å²) < 4.78 is 1.79. The first-order chi connectivity index (χ1) is 12.5. The first-order valence-corrected chi connectivity index (χ1v) is 9.14. The molecule has 1 atom stereocenters. The molecule has 1 aromatic carbocycles. The van der Waals surface area contributed by atoms with E-state index >= 15 is 0 Å². The predicted octanol–water partition coefficient (Wildman–Crippen LogP) is 2.98. The summed E-state index contributed by atoms with van der Waals surface area (Å²) in [4.78, 5) is 24.1. The Balaban J connectivity index is 1.63. The lowest BCUT2D eigenvalue weighted by Gasteiger charge is -2.16. The first-order valence-electron chi connectivity index (χ1n) is 9.14. The molecule has 1 aliphatic carbocycles. The molecule has 26 heavy (non-hydrogen) atoms. The van der Waals surface area contributed by atoms with Crippen molar-refractivity contribution in [3.8, 4) is 0 Å². The number of aryl methyl sites for hydroxylation is 1. The maximum atomic E-state index is 12.6. The van der Waals surface area contributed by atoms with Crippen molar-refractivity contribution in [3.05, 3.63) is 53.3 Å². The van der Waals surface area contributed by atoms with Gasteiger partial charge in [-0.2, -0.15) is 5.10 Å². The highest BCUT2D eigenvalue weighted by Gasteiger charge is 2.24. The maximum absolute atomic E-state index is 12.6. The van der Waals surface area contributed by atoms with E-state index in [1.807, 2.05) is 31.2 Å². The highest BCUT2D eigenvalue weighted by Crippen LogP contribution is 2.29. The molecule has 1 fully saturated rings. The largest absolute Gasteiger partial charge is 0.481 e. The van der Waals surface area contributed by atoms with Crippen LogP contribution in [-0.4, -0.2) is 33.3 Å². The second kappa shape index (κ2) is 8.17. The van der Waals surface area contributed by atoms with E-state index in [-0.39, 0.29) is 18.5 Å². The minimum absolute atomic E-state index is 0.0952. The summed E-state index contributed by atoms with van der Waals surface area (Å²) in [5.74, 6) is -1.83. The number of benzene rings is 1. The third-order valence-corrected chi connectivity index (χ3v) is 5.00. The number of nitrogens with one attached hydrogen (secondary N) is 1. The Kier molecular flexibility index (Phi) is 5.71. The molecule has 0 spiro atoms. The summed E-state index contributed by atoms with van der Waals surface area (Å²) >= 11 is 0. The lowest BCUT2D eigenvalue weighted by molar-refractivity contribution is -0.141. The zero-order valence-corrected chi connectivity index (χ0v) is 15.0. The molecule has 0 saturated heterocycles. The molecule has 1 unspecified atom stereocenters. The van der Waals surface area contributed by atoms with Crippen molar-refractivity contribution >= 4 is 11.9 Å². The number of nitrogens with zero attached hydrogens (tertiary/aromatic N) is 2. The number of carbonyl (C=O) groups is 2. The van der Waals surface area contributed by atoms with Crippen molar-refractivity contribution in [1.82, 2.24) is 15.1 Å². The van der Waals surface area contributed by atoms with E-state index in [9.17, 15) is 14.7 Å².